The first-order chi connectivity index (χ1) is 16.2. The summed E-state index contributed by atoms with van der Waals surface area (Å²) in [6, 6.07) is 8.80. The largest absolute Gasteiger partial charge is 0.493 e. The van der Waals surface area contributed by atoms with Crippen LogP contribution in [0, 0.1) is 0 Å². The summed E-state index contributed by atoms with van der Waals surface area (Å²) < 4.78 is 58.9. The number of fused-ring (bicyclic) bond motifs is 3. The molecule has 8 heteroatoms. The first-order valence-corrected chi connectivity index (χ1v) is 11.1. The van der Waals surface area contributed by atoms with Crippen molar-refractivity contribution in [2.24, 2.45) is 0 Å². The summed E-state index contributed by atoms with van der Waals surface area (Å²) >= 11 is 0. The smallest absolute Gasteiger partial charge is 0.416 e. The fourth-order valence-corrected chi connectivity index (χ4v) is 4.71. The normalized spacial score (nSPS) is 12.7. The number of benzene rings is 2. The maximum atomic E-state index is 13.5. The zero-order valence-electron chi connectivity index (χ0n) is 19.5. The van der Waals surface area contributed by atoms with E-state index in [1.54, 1.807) is 20.1 Å². The maximum Gasteiger partial charge on any atom is 0.416 e. The highest BCUT2D eigenvalue weighted by Crippen LogP contribution is 2.46. The van der Waals surface area contributed by atoms with E-state index in [2.05, 4.69) is 0 Å². The van der Waals surface area contributed by atoms with Gasteiger partial charge in [-0.25, -0.2) is 4.79 Å². The first kappa shape index (κ1) is 23.7. The lowest BCUT2D eigenvalue weighted by Gasteiger charge is -2.23. The number of rotatable bonds is 6. The Morgan fingerprint density at radius 1 is 1.06 bits per heavy atom. The Morgan fingerprint density at radius 2 is 1.76 bits per heavy atom. The highest BCUT2D eigenvalue weighted by atomic mass is 19.4. The Balaban J connectivity index is 2.07. The molecular weight excluding hydrogens is 447 g/mol. The van der Waals surface area contributed by atoms with Crippen molar-refractivity contribution in [3.8, 4) is 33.9 Å². The molecule has 0 saturated heterocycles. The van der Waals surface area contributed by atoms with Gasteiger partial charge in [-0.15, -0.1) is 0 Å². The van der Waals surface area contributed by atoms with Gasteiger partial charge in [-0.05, 0) is 55.2 Å². The SMILES string of the molecule is CCOC(=O)c1c(-c2cccc(C(F)(F)F)c2)c(CC)n2c1-c1cc(OC)c(OC)cc1CC2. The molecule has 34 heavy (non-hydrogen) atoms. The molecule has 0 spiro atoms. The number of methoxy groups -OCH3 is 2. The Labute approximate surface area is 196 Å². The van der Waals surface area contributed by atoms with Crippen LogP contribution in [0.5, 0.6) is 11.5 Å². The zero-order valence-corrected chi connectivity index (χ0v) is 19.5. The van der Waals surface area contributed by atoms with Gasteiger partial charge in [-0.3, -0.25) is 0 Å². The Morgan fingerprint density at radius 3 is 2.38 bits per heavy atom. The van der Waals surface area contributed by atoms with Gasteiger partial charge in [0.1, 0.15) is 0 Å². The quantitative estimate of drug-likeness (QED) is 0.403. The van der Waals surface area contributed by atoms with Gasteiger partial charge in [0.05, 0.1) is 37.6 Å². The molecule has 1 aliphatic rings. The van der Waals surface area contributed by atoms with Crippen molar-refractivity contribution in [3.05, 3.63) is 58.8 Å². The number of nitrogens with zero attached hydrogens (tertiary/aromatic N) is 1. The monoisotopic (exact) mass is 473 g/mol. The van der Waals surface area contributed by atoms with E-state index < -0.39 is 17.7 Å². The van der Waals surface area contributed by atoms with Gasteiger partial charge in [0, 0.05) is 23.4 Å². The predicted molar refractivity (Wildman–Crippen MR) is 122 cm³/mol. The van der Waals surface area contributed by atoms with Gasteiger partial charge in [-0.2, -0.15) is 13.2 Å². The van der Waals surface area contributed by atoms with Crippen molar-refractivity contribution < 1.29 is 32.2 Å². The van der Waals surface area contributed by atoms with Crippen LogP contribution in [0.1, 0.15) is 41.0 Å². The molecule has 0 fully saturated rings. The van der Waals surface area contributed by atoms with Crippen LogP contribution in [0.4, 0.5) is 13.2 Å². The van der Waals surface area contributed by atoms with Crippen LogP contribution in [0.15, 0.2) is 36.4 Å². The molecule has 0 radical (unpaired) electrons. The number of esters is 1. The zero-order chi connectivity index (χ0) is 24.6. The number of halogens is 3. The molecule has 0 amide bonds. The fraction of sp³-hybridized carbons (Fsp3) is 0.346. The van der Waals surface area contributed by atoms with Crippen LogP contribution in [-0.4, -0.2) is 31.4 Å². The van der Waals surface area contributed by atoms with E-state index in [0.717, 1.165) is 29.0 Å². The molecule has 180 valence electrons. The average molecular weight is 473 g/mol. The molecule has 0 aliphatic carbocycles. The van der Waals surface area contributed by atoms with Crippen molar-refractivity contribution in [3.63, 3.8) is 0 Å². The van der Waals surface area contributed by atoms with E-state index in [9.17, 15) is 18.0 Å². The Kier molecular flexibility index (Phi) is 6.34. The summed E-state index contributed by atoms with van der Waals surface area (Å²) in [7, 11) is 3.09. The number of carbonyl (C=O) groups is 1. The second kappa shape index (κ2) is 9.08. The lowest BCUT2D eigenvalue weighted by molar-refractivity contribution is -0.137. The number of alkyl halides is 3. The van der Waals surface area contributed by atoms with Gasteiger partial charge in [0.25, 0.3) is 0 Å². The molecule has 5 nitrogen and oxygen atoms in total. The highest BCUT2D eigenvalue weighted by Gasteiger charge is 2.35. The minimum Gasteiger partial charge on any atom is -0.493 e. The van der Waals surface area contributed by atoms with Crippen LogP contribution in [-0.2, 0) is 30.3 Å². The van der Waals surface area contributed by atoms with Crippen molar-refractivity contribution >= 4 is 5.97 Å². The maximum absolute atomic E-state index is 13.5. The number of aromatic nitrogens is 1. The molecule has 0 saturated carbocycles. The Hall–Kier alpha value is -3.42. The van der Waals surface area contributed by atoms with Gasteiger partial charge in [0.15, 0.2) is 11.5 Å². The number of ether oxygens (including phenoxy) is 3. The van der Waals surface area contributed by atoms with E-state index in [1.165, 1.54) is 13.2 Å². The lowest BCUT2D eigenvalue weighted by Crippen LogP contribution is -2.15. The topological polar surface area (TPSA) is 49.7 Å². The van der Waals surface area contributed by atoms with E-state index in [1.807, 2.05) is 23.6 Å². The number of hydrogen-bond donors (Lipinski definition) is 0. The number of carbonyl (C=O) groups excluding carboxylic acids is 1. The number of hydrogen-bond acceptors (Lipinski definition) is 4. The van der Waals surface area contributed by atoms with Gasteiger partial charge in [0.2, 0.25) is 0 Å². The lowest BCUT2D eigenvalue weighted by atomic mass is 9.92. The van der Waals surface area contributed by atoms with Gasteiger partial charge in [-0.1, -0.05) is 19.1 Å². The van der Waals surface area contributed by atoms with E-state index in [-0.39, 0.29) is 12.2 Å². The molecule has 3 aromatic rings. The van der Waals surface area contributed by atoms with Gasteiger partial charge < -0.3 is 18.8 Å². The molecule has 0 bridgehead atoms. The van der Waals surface area contributed by atoms with Crippen molar-refractivity contribution in [1.29, 1.82) is 0 Å². The molecule has 0 atom stereocenters. The highest BCUT2D eigenvalue weighted by molar-refractivity contribution is 6.05. The van der Waals surface area contributed by atoms with Crippen molar-refractivity contribution in [1.82, 2.24) is 4.57 Å². The first-order valence-electron chi connectivity index (χ1n) is 11.1. The molecule has 1 aliphatic heterocycles. The second-order valence-electron chi connectivity index (χ2n) is 7.96. The summed E-state index contributed by atoms with van der Waals surface area (Å²) in [5, 5.41) is 0. The predicted octanol–water partition coefficient (Wildman–Crippen LogP) is 6.15. The molecule has 4 rings (SSSR count). The summed E-state index contributed by atoms with van der Waals surface area (Å²) in [4.78, 5) is 13.3. The van der Waals surface area contributed by atoms with Crippen LogP contribution in [0.2, 0.25) is 0 Å². The fourth-order valence-electron chi connectivity index (χ4n) is 4.71. The van der Waals surface area contributed by atoms with Crippen LogP contribution < -0.4 is 9.47 Å². The Bertz CT molecular complexity index is 1240. The molecular formula is C26H26F3NO4. The standard InChI is InChI=1S/C26H26F3NO4/c1-5-19-22(16-8-7-9-17(12-16)26(27,28)29)23(25(31)34-6-2)24-18-14-21(33-4)20(32-3)13-15(18)10-11-30(19)24/h7-9,12-14H,5-6,10-11H2,1-4H3. The molecule has 0 unspecified atom stereocenters. The third-order valence-electron chi connectivity index (χ3n) is 6.13. The molecule has 0 N–H and O–H groups in total. The third kappa shape index (κ3) is 3.91. The molecule has 2 aromatic carbocycles. The summed E-state index contributed by atoms with van der Waals surface area (Å²) in [6.45, 7) is 4.35. The summed E-state index contributed by atoms with van der Waals surface area (Å²) in [5.74, 6) is 0.512. The van der Waals surface area contributed by atoms with Gasteiger partial charge >= 0.3 is 12.1 Å². The average Bonchev–Trinajstić information content (AvgIpc) is 3.17. The van der Waals surface area contributed by atoms with E-state index >= 15 is 0 Å². The summed E-state index contributed by atoms with van der Waals surface area (Å²) in [5.41, 5.74) is 3.47. The van der Waals surface area contributed by atoms with E-state index in [0.29, 0.717) is 47.7 Å². The molecule has 1 aromatic heterocycles. The minimum atomic E-state index is -4.50. The van der Waals surface area contributed by atoms with Crippen LogP contribution in [0.3, 0.4) is 0 Å². The van der Waals surface area contributed by atoms with Crippen molar-refractivity contribution in [2.45, 2.75) is 39.4 Å². The van der Waals surface area contributed by atoms with Crippen LogP contribution >= 0.6 is 0 Å². The number of aryl methyl sites for hydroxylation is 1. The second-order valence-corrected chi connectivity index (χ2v) is 7.96. The third-order valence-corrected chi connectivity index (χ3v) is 6.13. The molecule has 2 heterocycles. The van der Waals surface area contributed by atoms with Crippen molar-refractivity contribution in [2.75, 3.05) is 20.8 Å². The van der Waals surface area contributed by atoms with E-state index in [4.69, 9.17) is 14.2 Å². The summed E-state index contributed by atoms with van der Waals surface area (Å²) in [6.07, 6.45) is -3.29. The minimum absolute atomic E-state index is 0.145. The van der Waals surface area contributed by atoms with Crippen LogP contribution in [0.25, 0.3) is 22.4 Å².